The molecule has 1 aromatic carbocycles. The molecule has 2 saturated carbocycles. The number of carbonyl (C=O) groups is 1. The first-order valence-corrected chi connectivity index (χ1v) is 9.75. The number of benzene rings is 1. The van der Waals surface area contributed by atoms with Crippen molar-refractivity contribution in [2.75, 3.05) is 13.7 Å². The van der Waals surface area contributed by atoms with E-state index in [0.717, 1.165) is 25.9 Å². The van der Waals surface area contributed by atoms with Crippen LogP contribution in [-0.2, 0) is 4.74 Å². The molecule has 144 valence electrons. The number of hydrogen-bond acceptors (Lipinski definition) is 3. The van der Waals surface area contributed by atoms with Crippen LogP contribution in [0.3, 0.4) is 0 Å². The molecule has 0 unspecified atom stereocenters. The first-order valence-electron chi connectivity index (χ1n) is 9.75. The van der Waals surface area contributed by atoms with Gasteiger partial charge in [0.25, 0.3) is 5.91 Å². The average Bonchev–Trinajstić information content (AvgIpc) is 3.35. The molecule has 0 bridgehead atoms. The molecule has 0 radical (unpaired) electrons. The molecule has 4 rings (SSSR count). The molecule has 2 aliphatic rings. The van der Waals surface area contributed by atoms with Gasteiger partial charge in [-0.3, -0.25) is 4.79 Å². The summed E-state index contributed by atoms with van der Waals surface area (Å²) < 4.78 is 20.9. The van der Waals surface area contributed by atoms with Gasteiger partial charge in [-0.2, -0.15) is 5.10 Å². The quantitative estimate of drug-likeness (QED) is 0.803. The summed E-state index contributed by atoms with van der Waals surface area (Å²) in [7, 11) is 1.87. The van der Waals surface area contributed by atoms with Gasteiger partial charge in [0, 0.05) is 31.3 Å². The van der Waals surface area contributed by atoms with Gasteiger partial charge in [0.2, 0.25) is 0 Å². The fourth-order valence-electron chi connectivity index (χ4n) is 4.92. The molecule has 2 aromatic rings. The third-order valence-corrected chi connectivity index (χ3v) is 6.31. The highest BCUT2D eigenvalue weighted by Crippen LogP contribution is 2.56. The molecule has 1 heterocycles. The van der Waals surface area contributed by atoms with Crippen LogP contribution in [0.25, 0.3) is 5.69 Å². The van der Waals surface area contributed by atoms with E-state index in [2.05, 4.69) is 5.10 Å². The number of carbonyl (C=O) groups excluding carboxylic acids is 1. The van der Waals surface area contributed by atoms with Gasteiger partial charge >= 0.3 is 0 Å². The molecule has 1 spiro atoms. The lowest BCUT2D eigenvalue weighted by molar-refractivity contribution is -0.152. The van der Waals surface area contributed by atoms with Gasteiger partial charge in [0.05, 0.1) is 11.8 Å². The van der Waals surface area contributed by atoms with E-state index >= 15 is 0 Å². The zero-order valence-electron chi connectivity index (χ0n) is 15.9. The second-order valence-electron chi connectivity index (χ2n) is 7.68. The number of nitrogens with zero attached hydrogens (tertiary/aromatic N) is 3. The number of aromatic nitrogens is 2. The Bertz CT molecular complexity index is 828. The Morgan fingerprint density at radius 3 is 2.85 bits per heavy atom. The number of amides is 1. The van der Waals surface area contributed by atoms with E-state index in [1.165, 1.54) is 25.0 Å². The molecule has 27 heavy (non-hydrogen) atoms. The van der Waals surface area contributed by atoms with Crippen LogP contribution in [0.5, 0.6) is 0 Å². The van der Waals surface area contributed by atoms with Crippen LogP contribution in [-0.4, -0.2) is 46.4 Å². The van der Waals surface area contributed by atoms with Crippen LogP contribution >= 0.6 is 0 Å². The van der Waals surface area contributed by atoms with E-state index in [0.29, 0.717) is 11.4 Å². The molecule has 0 aliphatic heterocycles. The van der Waals surface area contributed by atoms with Gasteiger partial charge in [-0.25, -0.2) is 9.07 Å². The maximum Gasteiger partial charge on any atom is 0.274 e. The van der Waals surface area contributed by atoms with Crippen molar-refractivity contribution in [1.29, 1.82) is 0 Å². The fourth-order valence-corrected chi connectivity index (χ4v) is 4.92. The minimum absolute atomic E-state index is 0.0867. The number of rotatable bonds is 5. The van der Waals surface area contributed by atoms with Gasteiger partial charge in [0.15, 0.2) is 5.69 Å². The molecule has 2 aliphatic carbocycles. The van der Waals surface area contributed by atoms with E-state index < -0.39 is 0 Å². The van der Waals surface area contributed by atoms with Crippen LogP contribution in [0.2, 0.25) is 0 Å². The van der Waals surface area contributed by atoms with Gasteiger partial charge in [-0.1, -0.05) is 18.9 Å². The minimum atomic E-state index is -0.326. The van der Waals surface area contributed by atoms with E-state index in [1.54, 1.807) is 29.1 Å². The maximum absolute atomic E-state index is 13.4. The van der Waals surface area contributed by atoms with E-state index in [4.69, 9.17) is 4.74 Å². The molecular weight excluding hydrogens is 345 g/mol. The summed E-state index contributed by atoms with van der Waals surface area (Å²) in [5, 5.41) is 4.38. The summed E-state index contributed by atoms with van der Waals surface area (Å²) in [4.78, 5) is 14.9. The van der Waals surface area contributed by atoms with Gasteiger partial charge in [-0.15, -0.1) is 0 Å². The zero-order valence-corrected chi connectivity index (χ0v) is 15.9. The zero-order chi connectivity index (χ0) is 19.0. The van der Waals surface area contributed by atoms with Crippen LogP contribution in [0, 0.1) is 11.2 Å². The molecule has 2 fully saturated rings. The fraction of sp³-hybridized carbons (Fsp3) is 0.524. The van der Waals surface area contributed by atoms with Crippen molar-refractivity contribution >= 4 is 5.91 Å². The van der Waals surface area contributed by atoms with Crippen molar-refractivity contribution in [1.82, 2.24) is 14.7 Å². The number of ether oxygens (including phenoxy) is 1. The van der Waals surface area contributed by atoms with E-state index in [1.807, 2.05) is 18.9 Å². The van der Waals surface area contributed by atoms with Gasteiger partial charge in [0.1, 0.15) is 5.82 Å². The predicted molar refractivity (Wildman–Crippen MR) is 100 cm³/mol. The lowest BCUT2D eigenvalue weighted by Gasteiger charge is -2.56. The standard InChI is InChI=1S/C21H26FN3O2/c1-3-27-19-14-18(21(19)10-4-5-11-21)24(2)20(26)17-9-12-25(23-17)16-8-6-7-15(22)13-16/h6-9,12-13,18-19H,3-5,10-11,14H2,1-2H3/t18-,19-/m0/s1. The normalized spacial score (nSPS) is 23.4. The molecule has 1 amide bonds. The van der Waals surface area contributed by atoms with E-state index in [9.17, 15) is 9.18 Å². The number of hydrogen-bond donors (Lipinski definition) is 0. The maximum atomic E-state index is 13.4. The Labute approximate surface area is 159 Å². The summed E-state index contributed by atoms with van der Waals surface area (Å²) in [5.41, 5.74) is 1.09. The summed E-state index contributed by atoms with van der Waals surface area (Å²) in [6, 6.07) is 8.08. The monoisotopic (exact) mass is 371 g/mol. The van der Waals surface area contributed by atoms with Gasteiger partial charge < -0.3 is 9.64 Å². The lowest BCUT2D eigenvalue weighted by atomic mass is 9.60. The third-order valence-electron chi connectivity index (χ3n) is 6.31. The SMILES string of the molecule is CCO[C@H]1C[C@H](N(C)C(=O)c2ccn(-c3cccc(F)c3)n2)C12CCCC2. The minimum Gasteiger partial charge on any atom is -0.378 e. The average molecular weight is 371 g/mol. The number of halogens is 1. The summed E-state index contributed by atoms with van der Waals surface area (Å²) >= 11 is 0. The van der Waals surface area contributed by atoms with E-state index in [-0.39, 0.29) is 29.3 Å². The topological polar surface area (TPSA) is 47.4 Å². The van der Waals surface area contributed by atoms with Gasteiger partial charge in [-0.05, 0) is 50.5 Å². The van der Waals surface area contributed by atoms with Crippen molar-refractivity contribution in [3.05, 3.63) is 48.0 Å². The molecule has 0 N–H and O–H groups in total. The van der Waals surface area contributed by atoms with Crippen LogP contribution in [0.15, 0.2) is 36.5 Å². The molecule has 5 nitrogen and oxygen atoms in total. The second-order valence-corrected chi connectivity index (χ2v) is 7.68. The summed E-state index contributed by atoms with van der Waals surface area (Å²) in [6.07, 6.45) is 7.50. The molecule has 6 heteroatoms. The van der Waals surface area contributed by atoms with Crippen molar-refractivity contribution in [2.45, 2.75) is 51.2 Å². The van der Waals surface area contributed by atoms with Crippen LogP contribution in [0.1, 0.15) is 49.5 Å². The highest BCUT2D eigenvalue weighted by atomic mass is 19.1. The Morgan fingerprint density at radius 2 is 2.15 bits per heavy atom. The van der Waals surface area contributed by atoms with Crippen molar-refractivity contribution in [3.8, 4) is 5.69 Å². The molecule has 2 atom stereocenters. The largest absolute Gasteiger partial charge is 0.378 e. The smallest absolute Gasteiger partial charge is 0.274 e. The Balaban J connectivity index is 1.52. The second kappa shape index (κ2) is 7.08. The Kier molecular flexibility index (Phi) is 4.76. The van der Waals surface area contributed by atoms with Crippen molar-refractivity contribution in [2.24, 2.45) is 5.41 Å². The third kappa shape index (κ3) is 3.06. The highest BCUT2D eigenvalue weighted by Gasteiger charge is 2.58. The Morgan fingerprint density at radius 1 is 1.37 bits per heavy atom. The van der Waals surface area contributed by atoms with Crippen LogP contribution in [0.4, 0.5) is 4.39 Å². The van der Waals surface area contributed by atoms with Crippen molar-refractivity contribution in [3.63, 3.8) is 0 Å². The first-order chi connectivity index (χ1) is 13.0. The molecule has 1 aromatic heterocycles. The summed E-state index contributed by atoms with van der Waals surface area (Å²) in [6.45, 7) is 2.75. The Hall–Kier alpha value is -2.21. The lowest BCUT2D eigenvalue weighted by Crippen LogP contribution is -2.64. The predicted octanol–water partition coefficient (Wildman–Crippen LogP) is 3.82. The highest BCUT2D eigenvalue weighted by molar-refractivity contribution is 5.92. The molecular formula is C21H26FN3O2. The van der Waals surface area contributed by atoms with Crippen molar-refractivity contribution < 1.29 is 13.9 Å². The first kappa shape index (κ1) is 18.2. The summed E-state index contributed by atoms with van der Waals surface area (Å²) in [5.74, 6) is -0.413. The van der Waals surface area contributed by atoms with Crippen LogP contribution < -0.4 is 0 Å². The molecule has 0 saturated heterocycles.